The van der Waals surface area contributed by atoms with Gasteiger partial charge >= 0.3 is 6.03 Å². The van der Waals surface area contributed by atoms with Crippen LogP contribution in [0.1, 0.15) is 31.4 Å². The van der Waals surface area contributed by atoms with Crippen LogP contribution in [0.5, 0.6) is 0 Å². The molecule has 1 saturated carbocycles. The van der Waals surface area contributed by atoms with Crippen LogP contribution in [0.3, 0.4) is 0 Å². The topological polar surface area (TPSA) is 72.7 Å². The van der Waals surface area contributed by atoms with Crippen LogP contribution in [-0.2, 0) is 16.0 Å². The number of hydrogen-bond donors (Lipinski definition) is 2. The predicted molar refractivity (Wildman–Crippen MR) is 71.0 cm³/mol. The molecule has 0 unspecified atom stereocenters. The highest BCUT2D eigenvalue weighted by Gasteiger charge is 2.41. The highest BCUT2D eigenvalue weighted by molar-refractivity contribution is 5.74. The van der Waals surface area contributed by atoms with Crippen molar-refractivity contribution in [3.8, 4) is 0 Å². The smallest absolute Gasteiger partial charge is 0.315 e. The molecule has 1 aliphatic carbocycles. The van der Waals surface area contributed by atoms with Crippen LogP contribution in [0.4, 0.5) is 4.79 Å². The maximum Gasteiger partial charge on any atom is 0.315 e. The van der Waals surface area contributed by atoms with Gasteiger partial charge in [0.05, 0.1) is 26.0 Å². The Morgan fingerprint density at radius 3 is 3.00 bits per heavy atom. The second-order valence-corrected chi connectivity index (χ2v) is 5.31. The molecule has 0 bridgehead atoms. The van der Waals surface area contributed by atoms with E-state index in [0.29, 0.717) is 19.8 Å². The zero-order chi connectivity index (χ0) is 13.8. The molecule has 2 N–H and O–H groups in total. The van der Waals surface area contributed by atoms with Gasteiger partial charge < -0.3 is 24.5 Å². The van der Waals surface area contributed by atoms with Crippen LogP contribution < -0.4 is 10.6 Å². The number of nitrogens with one attached hydrogen (secondary N) is 2. The number of rotatable bonds is 3. The molecule has 6 nitrogen and oxygen atoms in total. The quantitative estimate of drug-likeness (QED) is 0.885. The molecule has 2 fully saturated rings. The van der Waals surface area contributed by atoms with E-state index in [9.17, 15) is 4.79 Å². The molecule has 1 aromatic rings. The summed E-state index contributed by atoms with van der Waals surface area (Å²) in [6.07, 6.45) is 5.20. The molecule has 1 saturated heterocycles. The first kappa shape index (κ1) is 13.5. The highest BCUT2D eigenvalue weighted by atomic mass is 16.7. The molecular weight excluding hydrogens is 260 g/mol. The van der Waals surface area contributed by atoms with E-state index in [2.05, 4.69) is 10.6 Å². The van der Waals surface area contributed by atoms with Crippen LogP contribution in [0.2, 0.25) is 0 Å². The van der Waals surface area contributed by atoms with Gasteiger partial charge in [0.15, 0.2) is 5.79 Å². The largest absolute Gasteiger partial charge is 0.467 e. The second kappa shape index (κ2) is 5.85. The minimum atomic E-state index is -0.461. The van der Waals surface area contributed by atoms with E-state index in [-0.39, 0.29) is 12.1 Å². The minimum Gasteiger partial charge on any atom is -0.467 e. The monoisotopic (exact) mass is 280 g/mol. The summed E-state index contributed by atoms with van der Waals surface area (Å²) in [4.78, 5) is 11.9. The van der Waals surface area contributed by atoms with Crippen LogP contribution in [0.15, 0.2) is 22.8 Å². The Morgan fingerprint density at radius 2 is 2.25 bits per heavy atom. The summed E-state index contributed by atoms with van der Waals surface area (Å²) in [6.45, 7) is 1.69. The molecule has 1 aromatic heterocycles. The van der Waals surface area contributed by atoms with E-state index in [4.69, 9.17) is 13.9 Å². The first-order valence-electron chi connectivity index (χ1n) is 7.10. The molecule has 1 aliphatic heterocycles. The summed E-state index contributed by atoms with van der Waals surface area (Å²) in [7, 11) is 0. The molecule has 2 aliphatic rings. The van der Waals surface area contributed by atoms with Crippen LogP contribution in [-0.4, -0.2) is 31.1 Å². The molecule has 1 spiro atoms. The molecule has 0 aromatic carbocycles. The van der Waals surface area contributed by atoms with Gasteiger partial charge in [-0.2, -0.15) is 0 Å². The van der Waals surface area contributed by atoms with E-state index in [1.54, 1.807) is 12.3 Å². The normalized spacial score (nSPS) is 24.7. The lowest BCUT2D eigenvalue weighted by atomic mass is 9.90. The van der Waals surface area contributed by atoms with E-state index in [1.165, 1.54) is 0 Å². The molecule has 1 atom stereocenters. The third kappa shape index (κ3) is 3.13. The van der Waals surface area contributed by atoms with Gasteiger partial charge in [-0.15, -0.1) is 0 Å². The Morgan fingerprint density at radius 1 is 1.40 bits per heavy atom. The zero-order valence-corrected chi connectivity index (χ0v) is 11.4. The van der Waals surface area contributed by atoms with Crippen molar-refractivity contribution in [1.29, 1.82) is 0 Å². The first-order valence-corrected chi connectivity index (χ1v) is 7.10. The highest BCUT2D eigenvalue weighted by Crippen LogP contribution is 2.35. The molecule has 110 valence electrons. The molecule has 6 heteroatoms. The fourth-order valence-corrected chi connectivity index (χ4v) is 2.90. The molecule has 0 radical (unpaired) electrons. The molecule has 2 heterocycles. The zero-order valence-electron chi connectivity index (χ0n) is 11.4. The Labute approximate surface area is 117 Å². The van der Waals surface area contributed by atoms with Gasteiger partial charge in [0.2, 0.25) is 0 Å². The van der Waals surface area contributed by atoms with Crippen molar-refractivity contribution < 1.29 is 18.7 Å². The number of urea groups is 1. The second-order valence-electron chi connectivity index (χ2n) is 5.31. The molecular formula is C14H20N2O4. The SMILES string of the molecule is O=C(NCc1ccco1)N[C@@H]1CCCC2(C1)OCCO2. The number of amides is 2. The first-order chi connectivity index (χ1) is 9.76. The average molecular weight is 280 g/mol. The van der Waals surface area contributed by atoms with Gasteiger partial charge in [0.1, 0.15) is 5.76 Å². The summed E-state index contributed by atoms with van der Waals surface area (Å²) in [5.41, 5.74) is 0. The van der Waals surface area contributed by atoms with Crippen LogP contribution >= 0.6 is 0 Å². The van der Waals surface area contributed by atoms with Crippen molar-refractivity contribution in [1.82, 2.24) is 10.6 Å². The number of carbonyl (C=O) groups is 1. The summed E-state index contributed by atoms with van der Waals surface area (Å²) in [5, 5.41) is 5.77. The molecule has 2 amide bonds. The third-order valence-corrected chi connectivity index (χ3v) is 3.82. The van der Waals surface area contributed by atoms with E-state index in [0.717, 1.165) is 31.4 Å². The lowest BCUT2D eigenvalue weighted by molar-refractivity contribution is -0.181. The maximum absolute atomic E-state index is 11.9. The number of furan rings is 1. The van der Waals surface area contributed by atoms with E-state index in [1.807, 2.05) is 6.07 Å². The summed E-state index contributed by atoms with van der Waals surface area (Å²) >= 11 is 0. The number of hydrogen-bond acceptors (Lipinski definition) is 4. The van der Waals surface area contributed by atoms with Gasteiger partial charge in [0.25, 0.3) is 0 Å². The Hall–Kier alpha value is -1.53. The van der Waals surface area contributed by atoms with E-state index < -0.39 is 5.79 Å². The maximum atomic E-state index is 11.9. The number of carbonyl (C=O) groups excluding carboxylic acids is 1. The van der Waals surface area contributed by atoms with Crippen molar-refractivity contribution in [2.75, 3.05) is 13.2 Å². The van der Waals surface area contributed by atoms with Gasteiger partial charge in [-0.3, -0.25) is 0 Å². The lowest BCUT2D eigenvalue weighted by Gasteiger charge is -2.36. The lowest BCUT2D eigenvalue weighted by Crippen LogP contribution is -2.49. The molecule has 20 heavy (non-hydrogen) atoms. The van der Waals surface area contributed by atoms with Gasteiger partial charge in [-0.05, 0) is 25.0 Å². The van der Waals surface area contributed by atoms with Crippen molar-refractivity contribution in [2.45, 2.75) is 44.1 Å². The van der Waals surface area contributed by atoms with Crippen molar-refractivity contribution >= 4 is 6.03 Å². The Bertz CT molecular complexity index is 440. The summed E-state index contributed by atoms with van der Waals surface area (Å²) in [5.74, 6) is 0.278. The van der Waals surface area contributed by atoms with Gasteiger partial charge in [-0.1, -0.05) is 0 Å². The summed E-state index contributed by atoms with van der Waals surface area (Å²) in [6, 6.07) is 3.55. The standard InChI is InChI=1S/C14H20N2O4/c17-13(15-10-12-4-2-6-18-12)16-11-3-1-5-14(9-11)19-7-8-20-14/h2,4,6,11H,1,3,5,7-10H2,(H2,15,16,17)/t11-/m1/s1. The van der Waals surface area contributed by atoms with Gasteiger partial charge in [-0.25, -0.2) is 4.79 Å². The van der Waals surface area contributed by atoms with E-state index >= 15 is 0 Å². The average Bonchev–Trinajstić information content (AvgIpc) is 3.09. The predicted octanol–water partition coefficient (Wildman–Crippen LogP) is 1.76. The van der Waals surface area contributed by atoms with Crippen LogP contribution in [0.25, 0.3) is 0 Å². The summed E-state index contributed by atoms with van der Waals surface area (Å²) < 4.78 is 16.6. The minimum absolute atomic E-state index is 0.0958. The fraction of sp³-hybridized carbons (Fsp3) is 0.643. The van der Waals surface area contributed by atoms with Crippen molar-refractivity contribution in [3.05, 3.63) is 24.2 Å². The number of ether oxygens (including phenoxy) is 2. The van der Waals surface area contributed by atoms with Crippen LogP contribution in [0, 0.1) is 0 Å². The Kier molecular flexibility index (Phi) is 3.93. The van der Waals surface area contributed by atoms with Crippen molar-refractivity contribution in [3.63, 3.8) is 0 Å². The third-order valence-electron chi connectivity index (χ3n) is 3.82. The van der Waals surface area contributed by atoms with Crippen molar-refractivity contribution in [2.24, 2.45) is 0 Å². The Balaban J connectivity index is 1.46. The molecule has 3 rings (SSSR count). The fourth-order valence-electron chi connectivity index (χ4n) is 2.90. The van der Waals surface area contributed by atoms with Gasteiger partial charge in [0, 0.05) is 18.9 Å².